The molecule has 5 heteroatoms. The van der Waals surface area contributed by atoms with E-state index in [-0.39, 0.29) is 11.3 Å². The maximum absolute atomic E-state index is 12.5. The Morgan fingerprint density at radius 2 is 1.83 bits per heavy atom. The third-order valence-electron chi connectivity index (χ3n) is 3.48. The average Bonchev–Trinajstić information content (AvgIpc) is 2.54. The first-order chi connectivity index (χ1) is 11.1. The minimum Gasteiger partial charge on any atom is -0.294 e. The van der Waals surface area contributed by atoms with Crippen LogP contribution in [0, 0.1) is 0 Å². The highest BCUT2D eigenvalue weighted by Gasteiger charge is 2.11. The number of carbonyl (C=O) groups is 1. The van der Waals surface area contributed by atoms with Crippen LogP contribution < -0.4 is 5.56 Å². The van der Waals surface area contributed by atoms with Crippen molar-refractivity contribution in [1.82, 2.24) is 4.68 Å². The smallest absolute Gasteiger partial charge is 0.282 e. The number of rotatable bonds is 3. The van der Waals surface area contributed by atoms with Crippen molar-refractivity contribution in [2.45, 2.75) is 6.92 Å². The number of aromatic nitrogens is 1. The van der Waals surface area contributed by atoms with Gasteiger partial charge in [-0.2, -0.15) is 9.78 Å². The highest BCUT2D eigenvalue weighted by atomic mass is 35.5. The molecule has 4 nitrogen and oxygen atoms in total. The number of pyridine rings is 1. The third kappa shape index (κ3) is 2.94. The summed E-state index contributed by atoms with van der Waals surface area (Å²) in [6, 6.07) is 16.1. The van der Waals surface area contributed by atoms with Crippen LogP contribution in [0.4, 0.5) is 0 Å². The number of para-hydroxylation sites is 1. The zero-order valence-electron chi connectivity index (χ0n) is 12.4. The predicted octanol–water partition coefficient (Wildman–Crippen LogP) is 3.74. The van der Waals surface area contributed by atoms with Crippen LogP contribution in [0.1, 0.15) is 22.8 Å². The molecule has 114 valence electrons. The molecule has 0 amide bonds. The fourth-order valence-electron chi connectivity index (χ4n) is 2.31. The topological polar surface area (TPSA) is 51.4 Å². The number of Topliss-reactive ketones (excluding diaryl/α,β-unsaturated/α-hetero) is 1. The highest BCUT2D eigenvalue weighted by Crippen LogP contribution is 2.15. The molecule has 3 aromatic rings. The van der Waals surface area contributed by atoms with Crippen molar-refractivity contribution in [3.63, 3.8) is 0 Å². The molecule has 3 rings (SSSR count). The van der Waals surface area contributed by atoms with Crippen molar-refractivity contribution < 1.29 is 4.79 Å². The lowest BCUT2D eigenvalue weighted by Gasteiger charge is -2.07. The van der Waals surface area contributed by atoms with E-state index in [2.05, 4.69) is 5.10 Å². The monoisotopic (exact) mass is 324 g/mol. The number of carbonyl (C=O) groups excluding carboxylic acids is 1. The summed E-state index contributed by atoms with van der Waals surface area (Å²) in [4.78, 5) is 24.2. The van der Waals surface area contributed by atoms with E-state index in [0.717, 1.165) is 5.39 Å². The van der Waals surface area contributed by atoms with Gasteiger partial charge in [0.25, 0.3) is 5.56 Å². The van der Waals surface area contributed by atoms with Crippen LogP contribution in [0.15, 0.2) is 64.5 Å². The molecule has 0 fully saturated rings. The number of halogens is 1. The number of benzene rings is 2. The molecule has 0 saturated heterocycles. The van der Waals surface area contributed by atoms with Crippen molar-refractivity contribution in [3.8, 4) is 0 Å². The predicted molar refractivity (Wildman–Crippen MR) is 92.7 cm³/mol. The fourth-order valence-corrected chi connectivity index (χ4v) is 2.49. The molecule has 0 saturated carbocycles. The van der Waals surface area contributed by atoms with Crippen molar-refractivity contribution >= 4 is 34.5 Å². The number of ketones is 1. The van der Waals surface area contributed by atoms with E-state index < -0.39 is 5.56 Å². The molecule has 0 bridgehead atoms. The largest absolute Gasteiger partial charge is 0.294 e. The van der Waals surface area contributed by atoms with Gasteiger partial charge in [0.15, 0.2) is 5.78 Å². The molecule has 23 heavy (non-hydrogen) atoms. The molecule has 0 N–H and O–H groups in total. The van der Waals surface area contributed by atoms with E-state index in [0.29, 0.717) is 16.1 Å². The summed E-state index contributed by atoms with van der Waals surface area (Å²) in [6.07, 6.45) is 1.51. The summed E-state index contributed by atoms with van der Waals surface area (Å²) < 4.78 is 1.23. The van der Waals surface area contributed by atoms with Crippen LogP contribution >= 0.6 is 11.6 Å². The van der Waals surface area contributed by atoms with Gasteiger partial charge < -0.3 is 0 Å². The van der Waals surface area contributed by atoms with Gasteiger partial charge in [-0.15, -0.1) is 0 Å². The molecular weight excluding hydrogens is 312 g/mol. The normalized spacial score (nSPS) is 11.2. The molecule has 0 aliphatic heterocycles. The molecule has 0 unspecified atom stereocenters. The number of nitrogens with zero attached hydrogens (tertiary/aromatic N) is 2. The lowest BCUT2D eigenvalue weighted by atomic mass is 10.1. The van der Waals surface area contributed by atoms with E-state index in [1.165, 1.54) is 17.8 Å². The zero-order valence-corrected chi connectivity index (χ0v) is 13.1. The average molecular weight is 325 g/mol. The zero-order chi connectivity index (χ0) is 16.4. The third-order valence-corrected chi connectivity index (χ3v) is 3.83. The first kappa shape index (κ1) is 15.2. The van der Waals surface area contributed by atoms with Crippen molar-refractivity contribution in [3.05, 3.63) is 81.1 Å². The second kappa shape index (κ2) is 6.18. The Balaban J connectivity index is 2.24. The molecule has 0 radical (unpaired) electrons. The first-order valence-corrected chi connectivity index (χ1v) is 7.40. The van der Waals surface area contributed by atoms with Crippen LogP contribution in [0.2, 0.25) is 5.02 Å². The second-order valence-electron chi connectivity index (χ2n) is 5.06. The number of hydrogen-bond acceptors (Lipinski definition) is 3. The van der Waals surface area contributed by atoms with Gasteiger partial charge in [-0.05, 0) is 25.1 Å². The summed E-state index contributed by atoms with van der Waals surface area (Å²) in [5.41, 5.74) is 0.990. The van der Waals surface area contributed by atoms with E-state index in [4.69, 9.17) is 11.6 Å². The van der Waals surface area contributed by atoms with Gasteiger partial charge in [0.05, 0.1) is 17.3 Å². The summed E-state index contributed by atoms with van der Waals surface area (Å²) in [5.74, 6) is -0.289. The molecule has 0 aliphatic rings. The molecule has 0 atom stereocenters. The quantitative estimate of drug-likeness (QED) is 0.544. The first-order valence-electron chi connectivity index (χ1n) is 7.02. The SMILES string of the molecule is CC(=O)c1cc2ccccc2n(/N=C/c2ccccc2Cl)c1=O. The Hall–Kier alpha value is -2.72. The Kier molecular flexibility index (Phi) is 4.08. The van der Waals surface area contributed by atoms with Crippen LogP contribution in [0.3, 0.4) is 0 Å². The van der Waals surface area contributed by atoms with Gasteiger partial charge in [-0.25, -0.2) is 0 Å². The maximum Gasteiger partial charge on any atom is 0.282 e. The Morgan fingerprint density at radius 3 is 2.57 bits per heavy atom. The van der Waals surface area contributed by atoms with Gasteiger partial charge >= 0.3 is 0 Å². The summed E-state index contributed by atoms with van der Waals surface area (Å²) in [6.45, 7) is 1.37. The minimum absolute atomic E-state index is 0.111. The van der Waals surface area contributed by atoms with E-state index in [9.17, 15) is 9.59 Å². The molecule has 0 spiro atoms. The van der Waals surface area contributed by atoms with Gasteiger partial charge in [-0.1, -0.05) is 48.0 Å². The molecule has 2 aromatic carbocycles. The van der Waals surface area contributed by atoms with Crippen LogP contribution in [0.5, 0.6) is 0 Å². The molecular formula is C18H13ClN2O2. The van der Waals surface area contributed by atoms with Gasteiger partial charge in [-0.3, -0.25) is 9.59 Å². The standard InChI is InChI=1S/C18H13ClN2O2/c1-12(22)15-10-13-6-3-5-9-17(13)21(18(15)23)20-11-14-7-2-4-8-16(14)19/h2-11H,1H3/b20-11+. The van der Waals surface area contributed by atoms with Gasteiger partial charge in [0.1, 0.15) is 0 Å². The Morgan fingerprint density at radius 1 is 1.13 bits per heavy atom. The summed E-state index contributed by atoms with van der Waals surface area (Å²) in [5, 5.41) is 5.56. The van der Waals surface area contributed by atoms with E-state index in [1.54, 1.807) is 24.3 Å². The van der Waals surface area contributed by atoms with Crippen LogP contribution in [-0.2, 0) is 0 Å². The fraction of sp³-hybridized carbons (Fsp3) is 0.0556. The van der Waals surface area contributed by atoms with Crippen molar-refractivity contribution in [2.24, 2.45) is 5.10 Å². The highest BCUT2D eigenvalue weighted by molar-refractivity contribution is 6.33. The van der Waals surface area contributed by atoms with Crippen LogP contribution in [-0.4, -0.2) is 16.7 Å². The van der Waals surface area contributed by atoms with Crippen LogP contribution in [0.25, 0.3) is 10.9 Å². The summed E-state index contributed by atoms with van der Waals surface area (Å²) >= 11 is 6.10. The number of fused-ring (bicyclic) bond motifs is 1. The lowest BCUT2D eigenvalue weighted by Crippen LogP contribution is -2.23. The van der Waals surface area contributed by atoms with Crippen molar-refractivity contribution in [2.75, 3.05) is 0 Å². The molecule has 1 aromatic heterocycles. The van der Waals surface area contributed by atoms with Gasteiger partial charge in [0, 0.05) is 16.0 Å². The van der Waals surface area contributed by atoms with Crippen molar-refractivity contribution in [1.29, 1.82) is 0 Å². The van der Waals surface area contributed by atoms with E-state index >= 15 is 0 Å². The molecule has 1 heterocycles. The minimum atomic E-state index is -0.445. The molecule has 0 aliphatic carbocycles. The maximum atomic E-state index is 12.5. The number of hydrogen-bond donors (Lipinski definition) is 0. The Bertz CT molecular complexity index is 990. The van der Waals surface area contributed by atoms with Gasteiger partial charge in [0.2, 0.25) is 0 Å². The lowest BCUT2D eigenvalue weighted by molar-refractivity contribution is 0.101. The Labute approximate surface area is 137 Å². The summed E-state index contributed by atoms with van der Waals surface area (Å²) in [7, 11) is 0. The second-order valence-corrected chi connectivity index (χ2v) is 5.46. The van der Waals surface area contributed by atoms with E-state index in [1.807, 2.05) is 30.3 Å².